The summed E-state index contributed by atoms with van der Waals surface area (Å²) in [6.45, 7) is 8.01. The molecule has 3 rings (SSSR count). The monoisotopic (exact) mass is 363 g/mol. The number of hydrogen-bond donors (Lipinski definition) is 0. The van der Waals surface area contributed by atoms with Crippen molar-refractivity contribution in [1.29, 1.82) is 0 Å². The van der Waals surface area contributed by atoms with Crippen LogP contribution in [0.2, 0.25) is 0 Å². The van der Waals surface area contributed by atoms with Crippen molar-refractivity contribution in [2.75, 3.05) is 39.4 Å². The van der Waals surface area contributed by atoms with Crippen LogP contribution in [-0.4, -0.2) is 69.9 Å². The molecule has 2 saturated heterocycles. The molecule has 7 heteroatoms. The Balaban J connectivity index is 1.50. The molecule has 146 valence electrons. The van der Waals surface area contributed by atoms with E-state index in [2.05, 4.69) is 26.7 Å². The highest BCUT2D eigenvalue weighted by atomic mass is 16.5. The maximum absolute atomic E-state index is 12.2. The van der Waals surface area contributed by atoms with Gasteiger partial charge < -0.3 is 14.2 Å². The molecule has 2 fully saturated rings. The summed E-state index contributed by atoms with van der Waals surface area (Å²) in [6, 6.07) is 0. The summed E-state index contributed by atoms with van der Waals surface area (Å²) in [4.78, 5) is 16.7. The van der Waals surface area contributed by atoms with Crippen LogP contribution < -0.4 is 0 Å². The lowest BCUT2D eigenvalue weighted by molar-refractivity contribution is -0.133. The molecule has 0 aliphatic carbocycles. The lowest BCUT2D eigenvalue weighted by atomic mass is 9.95. The Bertz CT molecular complexity index is 574. The minimum atomic E-state index is 0.209. The number of ether oxygens (including phenoxy) is 1. The molecule has 0 aromatic carbocycles. The van der Waals surface area contributed by atoms with E-state index in [0.717, 1.165) is 44.1 Å². The van der Waals surface area contributed by atoms with Crippen LogP contribution in [0.1, 0.15) is 63.0 Å². The Morgan fingerprint density at radius 3 is 2.54 bits per heavy atom. The third-order valence-corrected chi connectivity index (χ3v) is 5.69. The zero-order chi connectivity index (χ0) is 18.4. The fourth-order valence-corrected chi connectivity index (χ4v) is 4.04. The SMILES string of the molecule is CCOCCC(=O)N1CCC(c2nnc(CN3CCCCC3)n2C)CC1. The molecule has 0 radical (unpaired) electrons. The van der Waals surface area contributed by atoms with Crippen LogP contribution >= 0.6 is 0 Å². The maximum Gasteiger partial charge on any atom is 0.224 e. The molecule has 0 bridgehead atoms. The standard InChI is InChI=1S/C19H33N5O2/c1-3-26-14-9-18(25)24-12-7-16(8-13-24)19-21-20-17(22(19)2)15-23-10-5-4-6-11-23/h16H,3-15H2,1-2H3. The molecule has 26 heavy (non-hydrogen) atoms. The number of piperidine rings is 2. The molecule has 0 spiro atoms. The van der Waals surface area contributed by atoms with E-state index in [0.29, 0.717) is 25.6 Å². The van der Waals surface area contributed by atoms with Gasteiger partial charge in [0.1, 0.15) is 11.6 Å². The average Bonchev–Trinajstić information content (AvgIpc) is 3.03. The number of aromatic nitrogens is 3. The zero-order valence-corrected chi connectivity index (χ0v) is 16.3. The first-order valence-electron chi connectivity index (χ1n) is 10.1. The van der Waals surface area contributed by atoms with Crippen molar-refractivity contribution in [2.45, 2.75) is 57.9 Å². The van der Waals surface area contributed by atoms with Crippen LogP contribution in [0, 0.1) is 0 Å². The van der Waals surface area contributed by atoms with Gasteiger partial charge in [-0.1, -0.05) is 6.42 Å². The van der Waals surface area contributed by atoms with Crippen molar-refractivity contribution in [2.24, 2.45) is 7.05 Å². The normalized spacial score (nSPS) is 19.8. The molecular formula is C19H33N5O2. The van der Waals surface area contributed by atoms with E-state index >= 15 is 0 Å². The summed E-state index contributed by atoms with van der Waals surface area (Å²) in [5.74, 6) is 2.76. The average molecular weight is 364 g/mol. The second-order valence-electron chi connectivity index (χ2n) is 7.47. The van der Waals surface area contributed by atoms with Crippen molar-refractivity contribution in [3.05, 3.63) is 11.6 Å². The summed E-state index contributed by atoms with van der Waals surface area (Å²) in [5.41, 5.74) is 0. The Morgan fingerprint density at radius 2 is 1.85 bits per heavy atom. The molecule has 1 amide bonds. The minimum Gasteiger partial charge on any atom is -0.381 e. The summed E-state index contributed by atoms with van der Waals surface area (Å²) in [5, 5.41) is 8.96. The first-order valence-corrected chi connectivity index (χ1v) is 10.1. The predicted octanol–water partition coefficient (Wildman–Crippen LogP) is 1.93. The van der Waals surface area contributed by atoms with E-state index in [1.807, 2.05) is 11.8 Å². The van der Waals surface area contributed by atoms with Gasteiger partial charge in [-0.05, 0) is 45.7 Å². The van der Waals surface area contributed by atoms with Gasteiger partial charge in [0, 0.05) is 32.7 Å². The van der Waals surface area contributed by atoms with E-state index in [9.17, 15) is 4.79 Å². The Hall–Kier alpha value is -1.47. The maximum atomic E-state index is 12.2. The number of likely N-dealkylation sites (tertiary alicyclic amines) is 2. The Morgan fingerprint density at radius 1 is 1.12 bits per heavy atom. The minimum absolute atomic E-state index is 0.209. The summed E-state index contributed by atoms with van der Waals surface area (Å²) in [6.07, 6.45) is 6.36. The molecule has 1 aromatic rings. The first-order chi connectivity index (χ1) is 12.7. The van der Waals surface area contributed by atoms with Crippen LogP contribution in [-0.2, 0) is 23.1 Å². The highest BCUT2D eigenvalue weighted by molar-refractivity contribution is 5.76. The van der Waals surface area contributed by atoms with Gasteiger partial charge >= 0.3 is 0 Å². The predicted molar refractivity (Wildman–Crippen MR) is 99.8 cm³/mol. The highest BCUT2D eigenvalue weighted by Crippen LogP contribution is 2.27. The number of carbonyl (C=O) groups excluding carboxylic acids is 1. The Labute approximate surface area is 156 Å². The van der Waals surface area contributed by atoms with E-state index in [1.165, 1.54) is 32.4 Å². The van der Waals surface area contributed by atoms with Crippen LogP contribution in [0.15, 0.2) is 0 Å². The third kappa shape index (κ3) is 4.82. The number of hydrogen-bond acceptors (Lipinski definition) is 5. The van der Waals surface area contributed by atoms with Gasteiger partial charge in [-0.25, -0.2) is 0 Å². The van der Waals surface area contributed by atoms with Crippen molar-refractivity contribution in [1.82, 2.24) is 24.6 Å². The summed E-state index contributed by atoms with van der Waals surface area (Å²) >= 11 is 0. The van der Waals surface area contributed by atoms with Crippen molar-refractivity contribution in [3.8, 4) is 0 Å². The molecule has 0 N–H and O–H groups in total. The van der Waals surface area contributed by atoms with Crippen molar-refractivity contribution in [3.63, 3.8) is 0 Å². The van der Waals surface area contributed by atoms with Crippen LogP contribution in [0.25, 0.3) is 0 Å². The smallest absolute Gasteiger partial charge is 0.224 e. The molecular weight excluding hydrogens is 330 g/mol. The number of nitrogens with zero attached hydrogens (tertiary/aromatic N) is 5. The summed E-state index contributed by atoms with van der Waals surface area (Å²) in [7, 11) is 2.09. The largest absolute Gasteiger partial charge is 0.381 e. The van der Waals surface area contributed by atoms with Crippen LogP contribution in [0.4, 0.5) is 0 Å². The fourth-order valence-electron chi connectivity index (χ4n) is 4.04. The number of rotatable bonds is 7. The lowest BCUT2D eigenvalue weighted by Gasteiger charge is -2.31. The second-order valence-corrected chi connectivity index (χ2v) is 7.47. The van der Waals surface area contributed by atoms with Gasteiger partial charge in [0.25, 0.3) is 0 Å². The quantitative estimate of drug-likeness (QED) is 0.693. The molecule has 3 heterocycles. The van der Waals surface area contributed by atoms with Crippen LogP contribution in [0.3, 0.4) is 0 Å². The highest BCUT2D eigenvalue weighted by Gasteiger charge is 2.27. The van der Waals surface area contributed by atoms with Crippen molar-refractivity contribution < 1.29 is 9.53 Å². The van der Waals surface area contributed by atoms with Gasteiger partial charge in [-0.2, -0.15) is 0 Å². The van der Waals surface area contributed by atoms with E-state index in [1.54, 1.807) is 0 Å². The molecule has 0 atom stereocenters. The van der Waals surface area contributed by atoms with Gasteiger partial charge in [0.2, 0.25) is 5.91 Å². The molecule has 7 nitrogen and oxygen atoms in total. The van der Waals surface area contributed by atoms with Crippen molar-refractivity contribution >= 4 is 5.91 Å². The zero-order valence-electron chi connectivity index (χ0n) is 16.3. The molecule has 1 aromatic heterocycles. The number of amides is 1. The second kappa shape index (κ2) is 9.46. The van der Waals surface area contributed by atoms with E-state index < -0.39 is 0 Å². The third-order valence-electron chi connectivity index (χ3n) is 5.69. The van der Waals surface area contributed by atoms with E-state index in [-0.39, 0.29) is 5.91 Å². The fraction of sp³-hybridized carbons (Fsp3) is 0.842. The van der Waals surface area contributed by atoms with Gasteiger partial charge in [0.15, 0.2) is 0 Å². The van der Waals surface area contributed by atoms with Crippen LogP contribution in [0.5, 0.6) is 0 Å². The van der Waals surface area contributed by atoms with Gasteiger partial charge in [0.05, 0.1) is 19.6 Å². The Kier molecular flexibility index (Phi) is 7.02. The molecule has 0 saturated carbocycles. The molecule has 0 unspecified atom stereocenters. The molecule has 2 aliphatic rings. The van der Waals surface area contributed by atoms with Gasteiger partial charge in [-0.15, -0.1) is 10.2 Å². The van der Waals surface area contributed by atoms with E-state index in [4.69, 9.17) is 4.74 Å². The lowest BCUT2D eigenvalue weighted by Crippen LogP contribution is -2.38. The number of carbonyl (C=O) groups is 1. The molecule has 2 aliphatic heterocycles. The topological polar surface area (TPSA) is 63.5 Å². The first kappa shape index (κ1) is 19.3. The van der Waals surface area contributed by atoms with Gasteiger partial charge in [-0.3, -0.25) is 9.69 Å². The summed E-state index contributed by atoms with van der Waals surface area (Å²) < 4.78 is 7.48.